The lowest BCUT2D eigenvalue weighted by molar-refractivity contribution is 0.0975. The molecule has 8 heteroatoms. The number of nitrogens with one attached hydrogen (secondary N) is 2. The number of thiocarbonyl (C=S) groups is 1. The van der Waals surface area contributed by atoms with E-state index in [1.165, 1.54) is 12.7 Å². The van der Waals surface area contributed by atoms with Crippen LogP contribution in [0.15, 0.2) is 75.6 Å². The zero-order valence-electron chi connectivity index (χ0n) is 19.8. The lowest BCUT2D eigenvalue weighted by atomic mass is 10.1. The van der Waals surface area contributed by atoms with Crippen LogP contribution in [0.1, 0.15) is 21.5 Å². The van der Waals surface area contributed by atoms with Gasteiger partial charge in [0.25, 0.3) is 5.91 Å². The van der Waals surface area contributed by atoms with Crippen LogP contribution in [0.2, 0.25) is 0 Å². The van der Waals surface area contributed by atoms with E-state index in [0.29, 0.717) is 38.5 Å². The topological polar surface area (TPSA) is 76.4 Å². The van der Waals surface area contributed by atoms with Gasteiger partial charge in [-0.3, -0.25) is 10.1 Å². The van der Waals surface area contributed by atoms with E-state index in [-0.39, 0.29) is 11.0 Å². The van der Waals surface area contributed by atoms with E-state index in [2.05, 4.69) is 44.5 Å². The second-order valence-electron chi connectivity index (χ2n) is 8.42. The van der Waals surface area contributed by atoms with Crippen LogP contribution in [0.25, 0.3) is 33.3 Å². The molecule has 0 spiro atoms. The Bertz CT molecular complexity index is 1660. The number of carbonyl (C=O) groups excluding carboxylic acids is 1. The van der Waals surface area contributed by atoms with Gasteiger partial charge in [0.05, 0.1) is 17.1 Å². The molecule has 0 radical (unpaired) electrons. The third kappa shape index (κ3) is 4.57. The third-order valence-corrected chi connectivity index (χ3v) is 6.87. The van der Waals surface area contributed by atoms with Crippen LogP contribution in [0.3, 0.4) is 0 Å². The number of hydrogen-bond donors (Lipinski definition) is 2. The molecule has 1 amide bonds. The van der Waals surface area contributed by atoms with E-state index in [4.69, 9.17) is 21.4 Å². The maximum absolute atomic E-state index is 13.1. The third-order valence-electron chi connectivity index (χ3n) is 5.87. The summed E-state index contributed by atoms with van der Waals surface area (Å²) in [7, 11) is 1.53. The van der Waals surface area contributed by atoms with Gasteiger partial charge >= 0.3 is 0 Å². The largest absolute Gasteiger partial charge is 0.495 e. The predicted octanol–water partition coefficient (Wildman–Crippen LogP) is 7.16. The number of carbonyl (C=O) groups is 1. The van der Waals surface area contributed by atoms with Crippen LogP contribution >= 0.6 is 28.1 Å². The molecule has 6 nitrogen and oxygen atoms in total. The maximum atomic E-state index is 13.1. The molecule has 0 atom stereocenters. The van der Waals surface area contributed by atoms with Crippen molar-refractivity contribution in [2.24, 2.45) is 0 Å². The number of fused-ring (bicyclic) bond motifs is 2. The van der Waals surface area contributed by atoms with Crippen LogP contribution in [0.5, 0.6) is 5.75 Å². The average molecular weight is 560 g/mol. The van der Waals surface area contributed by atoms with E-state index in [0.717, 1.165) is 21.9 Å². The SMILES string of the molecule is COc1c(C(=O)NC(=S)Nc2ccc3oc(-c4ccc(C)cc4C)nc3c2)cc2ccccc2c1Br. The van der Waals surface area contributed by atoms with Crippen molar-refractivity contribution in [1.29, 1.82) is 0 Å². The monoisotopic (exact) mass is 559 g/mol. The van der Waals surface area contributed by atoms with E-state index in [1.54, 1.807) is 6.07 Å². The van der Waals surface area contributed by atoms with Gasteiger partial charge in [0.2, 0.25) is 5.89 Å². The quantitative estimate of drug-likeness (QED) is 0.227. The summed E-state index contributed by atoms with van der Waals surface area (Å²) < 4.78 is 12.2. The van der Waals surface area contributed by atoms with Crippen LogP contribution in [0.4, 0.5) is 5.69 Å². The molecule has 0 fully saturated rings. The molecule has 5 aromatic rings. The van der Waals surface area contributed by atoms with Crippen molar-refractivity contribution < 1.29 is 13.9 Å². The number of hydrogen-bond acceptors (Lipinski definition) is 5. The van der Waals surface area contributed by atoms with Crippen molar-refractivity contribution in [2.75, 3.05) is 12.4 Å². The van der Waals surface area contributed by atoms with Crippen molar-refractivity contribution in [3.63, 3.8) is 0 Å². The number of aryl methyl sites for hydroxylation is 2. The van der Waals surface area contributed by atoms with Gasteiger partial charge in [-0.2, -0.15) is 0 Å². The van der Waals surface area contributed by atoms with Crippen LogP contribution in [-0.2, 0) is 0 Å². The number of oxazole rings is 1. The summed E-state index contributed by atoms with van der Waals surface area (Å²) in [5, 5.41) is 7.81. The zero-order valence-corrected chi connectivity index (χ0v) is 22.2. The van der Waals surface area contributed by atoms with E-state index >= 15 is 0 Å². The highest BCUT2D eigenvalue weighted by Gasteiger charge is 2.19. The molecule has 0 aliphatic heterocycles. The van der Waals surface area contributed by atoms with Crippen LogP contribution in [-0.4, -0.2) is 23.1 Å². The van der Waals surface area contributed by atoms with Crippen molar-refractivity contribution >= 4 is 66.7 Å². The number of methoxy groups -OCH3 is 1. The Morgan fingerprint density at radius 3 is 2.64 bits per heavy atom. The Morgan fingerprint density at radius 2 is 1.86 bits per heavy atom. The number of halogens is 1. The first-order valence-corrected chi connectivity index (χ1v) is 12.4. The normalized spacial score (nSPS) is 11.0. The summed E-state index contributed by atoms with van der Waals surface area (Å²) >= 11 is 8.98. The molecule has 1 aromatic heterocycles. The fraction of sp³-hybridized carbons (Fsp3) is 0.107. The average Bonchev–Trinajstić information content (AvgIpc) is 3.27. The Kier molecular flexibility index (Phi) is 6.47. The number of aromatic nitrogens is 1. The highest BCUT2D eigenvalue weighted by Crippen LogP contribution is 2.36. The molecule has 0 bridgehead atoms. The fourth-order valence-corrected chi connectivity index (χ4v) is 5.11. The lowest BCUT2D eigenvalue weighted by Gasteiger charge is -2.14. The molecule has 5 rings (SSSR count). The molecule has 0 aliphatic rings. The highest BCUT2D eigenvalue weighted by molar-refractivity contribution is 9.10. The maximum Gasteiger partial charge on any atom is 0.261 e. The van der Waals surface area contributed by atoms with E-state index < -0.39 is 0 Å². The molecule has 2 N–H and O–H groups in total. The molecule has 1 heterocycles. The lowest BCUT2D eigenvalue weighted by Crippen LogP contribution is -2.34. The summed E-state index contributed by atoms with van der Waals surface area (Å²) in [4.78, 5) is 17.7. The number of ether oxygens (including phenoxy) is 1. The summed E-state index contributed by atoms with van der Waals surface area (Å²) in [6.45, 7) is 4.09. The predicted molar refractivity (Wildman–Crippen MR) is 151 cm³/mol. The zero-order chi connectivity index (χ0) is 25.4. The van der Waals surface area contributed by atoms with Gasteiger partial charge in [-0.25, -0.2) is 4.98 Å². The van der Waals surface area contributed by atoms with E-state index in [9.17, 15) is 4.79 Å². The molecular formula is C28H22BrN3O3S. The standard InChI is InChI=1S/C28H22BrN3O3S/c1-15-8-10-19(16(2)12-15)27-31-22-14-18(9-11-23(22)35-27)30-28(36)32-26(33)21-13-17-6-4-5-7-20(17)24(29)25(21)34-3/h4-14H,1-3H3,(H2,30,32,33,36). The number of nitrogens with zero attached hydrogens (tertiary/aromatic N) is 1. The highest BCUT2D eigenvalue weighted by atomic mass is 79.9. The van der Waals surface area contributed by atoms with Gasteiger partial charge in [-0.1, -0.05) is 42.0 Å². The minimum atomic E-state index is -0.379. The number of benzene rings is 4. The minimum Gasteiger partial charge on any atom is -0.495 e. The fourth-order valence-electron chi connectivity index (χ4n) is 4.16. The second-order valence-corrected chi connectivity index (χ2v) is 9.62. The number of anilines is 1. The molecule has 0 aliphatic carbocycles. The molecular weight excluding hydrogens is 538 g/mol. The summed E-state index contributed by atoms with van der Waals surface area (Å²) in [5.74, 6) is 0.622. The Balaban J connectivity index is 1.36. The summed E-state index contributed by atoms with van der Waals surface area (Å²) in [6.07, 6.45) is 0. The minimum absolute atomic E-state index is 0.156. The Morgan fingerprint density at radius 1 is 1.06 bits per heavy atom. The smallest absolute Gasteiger partial charge is 0.261 e. The van der Waals surface area contributed by atoms with Gasteiger partial charge in [-0.05, 0) is 88.7 Å². The molecule has 0 saturated carbocycles. The molecule has 36 heavy (non-hydrogen) atoms. The van der Waals surface area contributed by atoms with Crippen LogP contribution < -0.4 is 15.4 Å². The second kappa shape index (κ2) is 9.72. The van der Waals surface area contributed by atoms with Crippen molar-refractivity contribution in [2.45, 2.75) is 13.8 Å². The molecule has 180 valence electrons. The van der Waals surface area contributed by atoms with Gasteiger partial charge < -0.3 is 14.5 Å². The summed E-state index contributed by atoms with van der Waals surface area (Å²) in [6, 6.07) is 21.2. The summed E-state index contributed by atoms with van der Waals surface area (Å²) in [5.41, 5.74) is 5.63. The first-order chi connectivity index (χ1) is 17.3. The number of rotatable bonds is 4. The van der Waals surface area contributed by atoms with Crippen LogP contribution in [0, 0.1) is 13.8 Å². The van der Waals surface area contributed by atoms with Gasteiger partial charge in [0.1, 0.15) is 11.3 Å². The molecule has 0 unspecified atom stereocenters. The molecule has 0 saturated heterocycles. The van der Waals surface area contributed by atoms with Gasteiger partial charge in [0, 0.05) is 11.3 Å². The van der Waals surface area contributed by atoms with Crippen molar-refractivity contribution in [3.8, 4) is 17.2 Å². The first kappa shape index (κ1) is 24.0. The van der Waals surface area contributed by atoms with Crippen molar-refractivity contribution in [3.05, 3.63) is 87.9 Å². The number of amides is 1. The Labute approximate surface area is 221 Å². The first-order valence-electron chi connectivity index (χ1n) is 11.2. The van der Waals surface area contributed by atoms with Gasteiger partial charge in [-0.15, -0.1) is 0 Å². The Hall–Kier alpha value is -3.75. The van der Waals surface area contributed by atoms with Gasteiger partial charge in [0.15, 0.2) is 10.7 Å². The van der Waals surface area contributed by atoms with E-state index in [1.807, 2.05) is 61.5 Å². The molecule has 4 aromatic carbocycles. The van der Waals surface area contributed by atoms with Crippen molar-refractivity contribution in [1.82, 2.24) is 10.3 Å².